The average Bonchev–Trinajstić information content (AvgIpc) is 2.79. The van der Waals surface area contributed by atoms with Gasteiger partial charge in [-0.15, -0.1) is 5.06 Å². The fourth-order valence-electron chi connectivity index (χ4n) is 3.78. The van der Waals surface area contributed by atoms with Crippen LogP contribution in [0.1, 0.15) is 30.4 Å². The van der Waals surface area contributed by atoms with E-state index >= 15 is 0 Å². The Morgan fingerprint density at radius 2 is 1.88 bits per heavy atom. The molecule has 2 aromatic rings. The van der Waals surface area contributed by atoms with Gasteiger partial charge in [-0.05, 0) is 48.4 Å². The predicted octanol–water partition coefficient (Wildman–Crippen LogP) is 4.09. The SMILES string of the molecule is Cc1ccccc1-c1ccc(C[C@@H](C#N)NC(=O)[C@@H]2CCCCN2OC(=O)C(F)(F)F)cc1. The Kier molecular flexibility index (Phi) is 7.71. The summed E-state index contributed by atoms with van der Waals surface area (Å²) in [5, 5.41) is 12.8. The Bertz CT molecular complexity index is 1030. The first kappa shape index (κ1) is 24.3. The molecule has 1 amide bonds. The van der Waals surface area contributed by atoms with E-state index in [1.54, 1.807) is 0 Å². The summed E-state index contributed by atoms with van der Waals surface area (Å²) < 4.78 is 37.7. The fourth-order valence-corrected chi connectivity index (χ4v) is 3.78. The number of nitrogens with one attached hydrogen (secondary N) is 1. The standard InChI is InChI=1S/C24H24F3N3O3/c1-16-6-2-3-7-20(16)18-11-9-17(10-12-18)14-19(15-28)29-22(31)21-8-4-5-13-30(21)33-23(32)24(25,26)27/h2-3,6-7,9-12,19,21H,4-5,8,13-14H2,1H3,(H,29,31)/t19-,21-/m0/s1. The van der Waals surface area contributed by atoms with E-state index in [9.17, 15) is 28.0 Å². The van der Waals surface area contributed by atoms with Crippen molar-refractivity contribution >= 4 is 11.9 Å². The van der Waals surface area contributed by atoms with Gasteiger partial charge in [0.25, 0.3) is 0 Å². The van der Waals surface area contributed by atoms with Crippen LogP contribution in [0.2, 0.25) is 0 Å². The molecule has 3 rings (SSSR count). The summed E-state index contributed by atoms with van der Waals surface area (Å²) >= 11 is 0. The third kappa shape index (κ3) is 6.33. The number of amides is 1. The summed E-state index contributed by atoms with van der Waals surface area (Å²) in [5.74, 6) is -3.01. The molecule has 174 valence electrons. The number of carbonyl (C=O) groups is 2. The van der Waals surface area contributed by atoms with Gasteiger partial charge in [-0.3, -0.25) is 4.79 Å². The Morgan fingerprint density at radius 1 is 1.18 bits per heavy atom. The normalized spacial score (nSPS) is 17.6. The van der Waals surface area contributed by atoms with Crippen LogP contribution >= 0.6 is 0 Å². The summed E-state index contributed by atoms with van der Waals surface area (Å²) in [6, 6.07) is 15.6. The number of nitrogens with zero attached hydrogens (tertiary/aromatic N) is 2. The molecule has 0 unspecified atom stereocenters. The second-order valence-electron chi connectivity index (χ2n) is 7.94. The molecule has 0 aromatic heterocycles. The van der Waals surface area contributed by atoms with Gasteiger partial charge >= 0.3 is 12.1 Å². The zero-order chi connectivity index (χ0) is 24.0. The number of piperidine rings is 1. The van der Waals surface area contributed by atoms with Gasteiger partial charge in [-0.25, -0.2) is 4.79 Å². The summed E-state index contributed by atoms with van der Waals surface area (Å²) in [4.78, 5) is 28.3. The third-order valence-corrected chi connectivity index (χ3v) is 5.51. The second-order valence-corrected chi connectivity index (χ2v) is 7.94. The molecule has 33 heavy (non-hydrogen) atoms. The predicted molar refractivity (Wildman–Crippen MR) is 114 cm³/mol. The van der Waals surface area contributed by atoms with Crippen molar-refractivity contribution in [1.82, 2.24) is 10.4 Å². The van der Waals surface area contributed by atoms with E-state index < -0.39 is 30.1 Å². The highest BCUT2D eigenvalue weighted by Gasteiger charge is 2.44. The van der Waals surface area contributed by atoms with Crippen LogP contribution in [0, 0.1) is 18.3 Å². The van der Waals surface area contributed by atoms with Crippen molar-refractivity contribution in [2.45, 2.75) is 50.9 Å². The minimum absolute atomic E-state index is 0.0114. The molecule has 0 saturated carbocycles. The van der Waals surface area contributed by atoms with E-state index in [-0.39, 0.29) is 19.4 Å². The Balaban J connectivity index is 1.64. The second kappa shape index (κ2) is 10.5. The number of hydroxylamine groups is 2. The molecule has 1 fully saturated rings. The molecular formula is C24H24F3N3O3. The summed E-state index contributed by atoms with van der Waals surface area (Å²) in [6.07, 6.45) is -3.62. The van der Waals surface area contributed by atoms with E-state index in [1.807, 2.05) is 61.5 Å². The molecule has 2 atom stereocenters. The van der Waals surface area contributed by atoms with Gasteiger partial charge in [-0.1, -0.05) is 48.5 Å². The first-order valence-electron chi connectivity index (χ1n) is 10.6. The van der Waals surface area contributed by atoms with Crippen molar-refractivity contribution in [1.29, 1.82) is 5.26 Å². The topological polar surface area (TPSA) is 82.4 Å². The summed E-state index contributed by atoms with van der Waals surface area (Å²) in [6.45, 7) is 2.03. The van der Waals surface area contributed by atoms with Crippen LogP contribution in [-0.4, -0.2) is 41.7 Å². The van der Waals surface area contributed by atoms with Crippen molar-refractivity contribution in [3.63, 3.8) is 0 Å². The van der Waals surface area contributed by atoms with Gasteiger partial charge in [0.15, 0.2) is 0 Å². The number of benzene rings is 2. The molecule has 1 aliphatic rings. The van der Waals surface area contributed by atoms with Crippen LogP contribution in [0.25, 0.3) is 11.1 Å². The number of nitriles is 1. The van der Waals surface area contributed by atoms with Crippen LogP contribution in [0.5, 0.6) is 0 Å². The zero-order valence-electron chi connectivity index (χ0n) is 18.1. The van der Waals surface area contributed by atoms with Gasteiger partial charge in [0, 0.05) is 13.0 Å². The lowest BCUT2D eigenvalue weighted by Crippen LogP contribution is -2.53. The van der Waals surface area contributed by atoms with Crippen LogP contribution in [0.15, 0.2) is 48.5 Å². The first-order valence-corrected chi connectivity index (χ1v) is 10.6. The molecule has 0 bridgehead atoms. The number of halogens is 3. The van der Waals surface area contributed by atoms with E-state index in [0.29, 0.717) is 12.8 Å². The average molecular weight is 459 g/mol. The Morgan fingerprint density at radius 3 is 2.52 bits per heavy atom. The third-order valence-electron chi connectivity index (χ3n) is 5.51. The minimum atomic E-state index is -5.15. The molecule has 6 nitrogen and oxygen atoms in total. The summed E-state index contributed by atoms with van der Waals surface area (Å²) in [7, 11) is 0. The molecule has 1 N–H and O–H groups in total. The highest BCUT2D eigenvalue weighted by atomic mass is 19.4. The molecule has 1 aliphatic heterocycles. The number of hydrogen-bond donors (Lipinski definition) is 1. The quantitative estimate of drug-likeness (QED) is 0.704. The number of carbonyl (C=O) groups excluding carboxylic acids is 2. The van der Waals surface area contributed by atoms with Crippen LogP contribution < -0.4 is 5.32 Å². The molecular weight excluding hydrogens is 435 g/mol. The molecule has 2 aromatic carbocycles. The van der Waals surface area contributed by atoms with Gasteiger partial charge in [0.05, 0.1) is 6.07 Å². The van der Waals surface area contributed by atoms with Crippen molar-refractivity contribution in [2.75, 3.05) is 6.54 Å². The largest absolute Gasteiger partial charge is 0.492 e. The zero-order valence-corrected chi connectivity index (χ0v) is 18.1. The summed E-state index contributed by atoms with van der Waals surface area (Å²) in [5.41, 5.74) is 4.08. The van der Waals surface area contributed by atoms with Crippen LogP contribution in [-0.2, 0) is 20.8 Å². The fraction of sp³-hybridized carbons (Fsp3) is 0.375. The molecule has 0 radical (unpaired) electrons. The Hall–Kier alpha value is -3.38. The van der Waals surface area contributed by atoms with Gasteiger partial charge < -0.3 is 10.2 Å². The van der Waals surface area contributed by atoms with Crippen LogP contribution in [0.3, 0.4) is 0 Å². The van der Waals surface area contributed by atoms with Crippen molar-refractivity contribution in [2.24, 2.45) is 0 Å². The van der Waals surface area contributed by atoms with Gasteiger partial charge in [0.1, 0.15) is 12.1 Å². The molecule has 0 spiro atoms. The lowest BCUT2D eigenvalue weighted by molar-refractivity contribution is -0.248. The maximum absolute atomic E-state index is 12.7. The molecule has 9 heteroatoms. The molecule has 1 heterocycles. The van der Waals surface area contributed by atoms with E-state index in [2.05, 4.69) is 10.2 Å². The minimum Gasteiger partial charge on any atom is -0.360 e. The van der Waals surface area contributed by atoms with E-state index in [4.69, 9.17) is 0 Å². The number of aryl methyl sites for hydroxylation is 1. The monoisotopic (exact) mass is 459 g/mol. The van der Waals surface area contributed by atoms with E-state index in [0.717, 1.165) is 27.3 Å². The highest BCUT2D eigenvalue weighted by Crippen LogP contribution is 2.24. The molecule has 1 saturated heterocycles. The number of alkyl halides is 3. The maximum Gasteiger partial charge on any atom is 0.492 e. The van der Waals surface area contributed by atoms with Crippen molar-refractivity contribution < 1.29 is 27.6 Å². The lowest BCUT2D eigenvalue weighted by Gasteiger charge is -2.33. The molecule has 0 aliphatic carbocycles. The van der Waals surface area contributed by atoms with Crippen LogP contribution in [0.4, 0.5) is 13.2 Å². The first-order chi connectivity index (χ1) is 15.7. The van der Waals surface area contributed by atoms with Gasteiger partial charge in [0.2, 0.25) is 5.91 Å². The smallest absolute Gasteiger partial charge is 0.360 e. The van der Waals surface area contributed by atoms with Crippen molar-refractivity contribution in [3.05, 3.63) is 59.7 Å². The Labute approximate surface area is 189 Å². The van der Waals surface area contributed by atoms with Gasteiger partial charge in [-0.2, -0.15) is 18.4 Å². The lowest BCUT2D eigenvalue weighted by atomic mass is 9.98. The number of rotatable bonds is 6. The maximum atomic E-state index is 12.7. The van der Waals surface area contributed by atoms with Crippen molar-refractivity contribution in [3.8, 4) is 17.2 Å². The van der Waals surface area contributed by atoms with E-state index in [1.165, 1.54) is 0 Å². The number of hydrogen-bond acceptors (Lipinski definition) is 5. The highest BCUT2D eigenvalue weighted by molar-refractivity contribution is 5.83.